The van der Waals surface area contributed by atoms with E-state index in [0.717, 1.165) is 30.0 Å². The molecule has 0 unspecified atom stereocenters. The average molecular weight is 320 g/mol. The van der Waals surface area contributed by atoms with Gasteiger partial charge in [0, 0.05) is 35.6 Å². The van der Waals surface area contributed by atoms with Crippen molar-refractivity contribution < 1.29 is 9.53 Å². The third-order valence-electron chi connectivity index (χ3n) is 4.65. The van der Waals surface area contributed by atoms with Crippen LogP contribution in [0.2, 0.25) is 0 Å². The van der Waals surface area contributed by atoms with Crippen LogP contribution >= 0.6 is 11.8 Å². The standard InChI is InChI=1S/C17H24N2O2S/c1-12-13(2)22-10-8-19(12)11-17(20)18-15-7-9-21-16-6-4-3-5-14(15)16/h3-6,12-13,15H,7-11H2,1-2H3,(H,18,20)/t12-,13-,15+/m0/s1. The van der Waals surface area contributed by atoms with Gasteiger partial charge in [0.05, 0.1) is 19.2 Å². The molecular weight excluding hydrogens is 296 g/mol. The molecule has 120 valence electrons. The maximum atomic E-state index is 12.4. The molecule has 1 N–H and O–H groups in total. The fraction of sp³-hybridized carbons (Fsp3) is 0.588. The van der Waals surface area contributed by atoms with E-state index in [0.29, 0.717) is 24.4 Å². The molecule has 3 rings (SSSR count). The molecule has 0 saturated carbocycles. The Kier molecular flexibility index (Phi) is 4.93. The second kappa shape index (κ2) is 6.92. The molecule has 0 spiro atoms. The molecule has 4 nitrogen and oxygen atoms in total. The maximum absolute atomic E-state index is 12.4. The molecule has 5 heteroatoms. The number of hydrogen-bond donors (Lipinski definition) is 1. The zero-order chi connectivity index (χ0) is 15.5. The topological polar surface area (TPSA) is 41.6 Å². The fourth-order valence-corrected chi connectivity index (χ4v) is 4.30. The summed E-state index contributed by atoms with van der Waals surface area (Å²) in [4.78, 5) is 14.7. The van der Waals surface area contributed by atoms with E-state index < -0.39 is 0 Å². The van der Waals surface area contributed by atoms with Crippen LogP contribution < -0.4 is 10.1 Å². The highest BCUT2D eigenvalue weighted by molar-refractivity contribution is 8.00. The summed E-state index contributed by atoms with van der Waals surface area (Å²) in [6.45, 7) is 6.61. The second-order valence-electron chi connectivity index (χ2n) is 6.08. The zero-order valence-electron chi connectivity index (χ0n) is 13.2. The summed E-state index contributed by atoms with van der Waals surface area (Å²) >= 11 is 1.99. The minimum atomic E-state index is 0.0735. The van der Waals surface area contributed by atoms with E-state index in [1.807, 2.05) is 36.0 Å². The first-order valence-corrected chi connectivity index (χ1v) is 9.07. The number of ether oxygens (including phenoxy) is 1. The Hall–Kier alpha value is -1.20. The molecule has 0 radical (unpaired) electrons. The highest BCUT2D eigenvalue weighted by atomic mass is 32.2. The normalized spacial score (nSPS) is 28.5. The Balaban J connectivity index is 1.61. The minimum Gasteiger partial charge on any atom is -0.493 e. The first-order chi connectivity index (χ1) is 10.6. The lowest BCUT2D eigenvalue weighted by Crippen LogP contribution is -2.49. The lowest BCUT2D eigenvalue weighted by molar-refractivity contribution is -0.123. The summed E-state index contributed by atoms with van der Waals surface area (Å²) in [7, 11) is 0. The number of nitrogens with one attached hydrogen (secondary N) is 1. The van der Waals surface area contributed by atoms with E-state index in [1.54, 1.807) is 0 Å². The number of nitrogens with zero attached hydrogens (tertiary/aromatic N) is 1. The van der Waals surface area contributed by atoms with Gasteiger partial charge >= 0.3 is 0 Å². The molecule has 0 aromatic heterocycles. The van der Waals surface area contributed by atoms with Crippen molar-refractivity contribution in [3.63, 3.8) is 0 Å². The van der Waals surface area contributed by atoms with Crippen molar-refractivity contribution in [2.75, 3.05) is 25.4 Å². The SMILES string of the molecule is C[C@@H]1SCCN(CC(=O)N[C@@H]2CCOc3ccccc32)[C@H]1C. The third-order valence-corrected chi connectivity index (χ3v) is 5.99. The van der Waals surface area contributed by atoms with Gasteiger partial charge < -0.3 is 10.1 Å². The van der Waals surface area contributed by atoms with Crippen molar-refractivity contribution in [1.29, 1.82) is 0 Å². The molecule has 1 aromatic rings. The monoisotopic (exact) mass is 320 g/mol. The van der Waals surface area contributed by atoms with Crippen LogP contribution in [-0.4, -0.2) is 47.5 Å². The van der Waals surface area contributed by atoms with E-state index >= 15 is 0 Å². The van der Waals surface area contributed by atoms with Gasteiger partial charge in [0.25, 0.3) is 0 Å². The number of para-hydroxylation sites is 1. The van der Waals surface area contributed by atoms with Gasteiger partial charge in [-0.2, -0.15) is 11.8 Å². The molecule has 22 heavy (non-hydrogen) atoms. The van der Waals surface area contributed by atoms with Crippen LogP contribution in [0.25, 0.3) is 0 Å². The Bertz CT molecular complexity index is 537. The van der Waals surface area contributed by atoms with Crippen molar-refractivity contribution in [3.05, 3.63) is 29.8 Å². The quantitative estimate of drug-likeness (QED) is 0.929. The van der Waals surface area contributed by atoms with Gasteiger partial charge in [-0.05, 0) is 13.0 Å². The first-order valence-electron chi connectivity index (χ1n) is 8.02. The molecule has 1 aromatic carbocycles. The summed E-state index contributed by atoms with van der Waals surface area (Å²) in [5, 5.41) is 3.78. The number of benzene rings is 1. The van der Waals surface area contributed by atoms with Crippen LogP contribution in [0.4, 0.5) is 0 Å². The van der Waals surface area contributed by atoms with Gasteiger partial charge in [0.2, 0.25) is 5.91 Å². The van der Waals surface area contributed by atoms with E-state index in [2.05, 4.69) is 24.1 Å². The van der Waals surface area contributed by atoms with Crippen molar-refractivity contribution in [2.24, 2.45) is 0 Å². The van der Waals surface area contributed by atoms with Gasteiger partial charge in [-0.3, -0.25) is 9.69 Å². The molecule has 2 heterocycles. The summed E-state index contributed by atoms with van der Waals surface area (Å²) in [5.74, 6) is 2.13. The third kappa shape index (κ3) is 3.41. The predicted molar refractivity (Wildman–Crippen MR) is 90.4 cm³/mol. The van der Waals surface area contributed by atoms with E-state index in [9.17, 15) is 4.79 Å². The van der Waals surface area contributed by atoms with Crippen molar-refractivity contribution >= 4 is 17.7 Å². The van der Waals surface area contributed by atoms with Crippen LogP contribution in [0.15, 0.2) is 24.3 Å². The summed E-state index contributed by atoms with van der Waals surface area (Å²) in [5.41, 5.74) is 1.10. The number of carbonyl (C=O) groups excluding carboxylic acids is 1. The van der Waals surface area contributed by atoms with Crippen LogP contribution in [0.1, 0.15) is 31.9 Å². The number of carbonyl (C=O) groups is 1. The molecule has 1 amide bonds. The smallest absolute Gasteiger partial charge is 0.234 e. The summed E-state index contributed by atoms with van der Waals surface area (Å²) in [6, 6.07) is 8.51. The second-order valence-corrected chi connectivity index (χ2v) is 7.57. The van der Waals surface area contributed by atoms with Crippen LogP contribution in [-0.2, 0) is 4.79 Å². The van der Waals surface area contributed by atoms with Crippen molar-refractivity contribution in [3.8, 4) is 5.75 Å². The number of fused-ring (bicyclic) bond motifs is 1. The molecule has 2 aliphatic rings. The number of thioether (sulfide) groups is 1. The number of amides is 1. The Labute approximate surface area is 136 Å². The largest absolute Gasteiger partial charge is 0.493 e. The van der Waals surface area contributed by atoms with Gasteiger partial charge in [0.1, 0.15) is 5.75 Å². The van der Waals surface area contributed by atoms with E-state index in [1.165, 1.54) is 0 Å². The molecule has 2 aliphatic heterocycles. The molecule has 1 fully saturated rings. The first kappa shape index (κ1) is 15.7. The summed E-state index contributed by atoms with van der Waals surface area (Å²) < 4.78 is 5.65. The zero-order valence-corrected chi connectivity index (χ0v) is 14.1. The fourth-order valence-electron chi connectivity index (χ4n) is 3.14. The number of hydrogen-bond acceptors (Lipinski definition) is 4. The maximum Gasteiger partial charge on any atom is 0.234 e. The number of rotatable bonds is 3. The Morgan fingerprint density at radius 3 is 3.09 bits per heavy atom. The van der Waals surface area contributed by atoms with Gasteiger partial charge in [0.15, 0.2) is 0 Å². The lowest BCUT2D eigenvalue weighted by atomic mass is 10.0. The molecule has 0 bridgehead atoms. The predicted octanol–water partition coefficient (Wildman–Crippen LogP) is 2.45. The van der Waals surface area contributed by atoms with Crippen LogP contribution in [0.5, 0.6) is 5.75 Å². The molecule has 3 atom stereocenters. The van der Waals surface area contributed by atoms with Crippen molar-refractivity contribution in [2.45, 2.75) is 37.6 Å². The summed E-state index contributed by atoms with van der Waals surface area (Å²) in [6.07, 6.45) is 0.838. The van der Waals surface area contributed by atoms with Gasteiger partial charge in [-0.25, -0.2) is 0 Å². The highest BCUT2D eigenvalue weighted by Gasteiger charge is 2.28. The Morgan fingerprint density at radius 2 is 2.23 bits per heavy atom. The van der Waals surface area contributed by atoms with Gasteiger partial charge in [-0.15, -0.1) is 0 Å². The molecule has 1 saturated heterocycles. The van der Waals surface area contributed by atoms with E-state index in [4.69, 9.17) is 4.74 Å². The minimum absolute atomic E-state index is 0.0735. The lowest BCUT2D eigenvalue weighted by Gasteiger charge is -2.37. The molecule has 0 aliphatic carbocycles. The van der Waals surface area contributed by atoms with E-state index in [-0.39, 0.29) is 11.9 Å². The molecular formula is C17H24N2O2S. The van der Waals surface area contributed by atoms with Crippen molar-refractivity contribution in [1.82, 2.24) is 10.2 Å². The highest BCUT2D eigenvalue weighted by Crippen LogP contribution is 2.31. The van der Waals surface area contributed by atoms with Crippen LogP contribution in [0.3, 0.4) is 0 Å². The van der Waals surface area contributed by atoms with Crippen LogP contribution in [0, 0.1) is 0 Å². The average Bonchev–Trinajstić information content (AvgIpc) is 2.52. The Morgan fingerprint density at radius 1 is 1.41 bits per heavy atom. The van der Waals surface area contributed by atoms with Gasteiger partial charge in [-0.1, -0.05) is 25.1 Å².